The zero-order chi connectivity index (χ0) is 11.5. The third kappa shape index (κ3) is 2.83. The number of piperidine rings is 2. The van der Waals surface area contributed by atoms with Gasteiger partial charge in [0.1, 0.15) is 0 Å². The minimum absolute atomic E-state index is 0.885. The van der Waals surface area contributed by atoms with E-state index in [1.54, 1.807) is 0 Å². The highest BCUT2D eigenvalue weighted by Crippen LogP contribution is 2.24. The molecule has 3 fully saturated rings. The second-order valence-corrected chi connectivity index (χ2v) is 5.99. The molecule has 98 valence electrons. The molecule has 3 saturated heterocycles. The maximum absolute atomic E-state index is 3.47. The molecule has 0 atom stereocenters. The van der Waals surface area contributed by atoms with Gasteiger partial charge in [0.2, 0.25) is 0 Å². The first-order valence-electron chi connectivity index (χ1n) is 7.62. The maximum atomic E-state index is 3.47. The molecule has 0 aliphatic carbocycles. The van der Waals surface area contributed by atoms with Crippen LogP contribution in [-0.4, -0.2) is 61.2 Å². The molecule has 0 bridgehead atoms. The van der Waals surface area contributed by atoms with Gasteiger partial charge in [-0.05, 0) is 77.8 Å². The Kier molecular flexibility index (Phi) is 3.99. The SMILES string of the molecule is C1CCN(C2CCN(C3CCNCC3)CC2)C1. The van der Waals surface area contributed by atoms with E-state index < -0.39 is 0 Å². The second-order valence-electron chi connectivity index (χ2n) is 5.99. The van der Waals surface area contributed by atoms with Crippen LogP contribution in [-0.2, 0) is 0 Å². The van der Waals surface area contributed by atoms with Crippen LogP contribution in [0.15, 0.2) is 0 Å². The van der Waals surface area contributed by atoms with Crippen LogP contribution in [0, 0.1) is 0 Å². The summed E-state index contributed by atoms with van der Waals surface area (Å²) in [5.41, 5.74) is 0. The Morgan fingerprint density at radius 1 is 0.647 bits per heavy atom. The Labute approximate surface area is 106 Å². The van der Waals surface area contributed by atoms with E-state index in [1.165, 1.54) is 77.8 Å². The summed E-state index contributed by atoms with van der Waals surface area (Å²) in [7, 11) is 0. The first kappa shape index (κ1) is 11.9. The van der Waals surface area contributed by atoms with Crippen LogP contribution >= 0.6 is 0 Å². The van der Waals surface area contributed by atoms with Crippen molar-refractivity contribution in [2.45, 2.75) is 50.6 Å². The van der Waals surface area contributed by atoms with E-state index in [0.29, 0.717) is 0 Å². The van der Waals surface area contributed by atoms with Gasteiger partial charge in [-0.3, -0.25) is 0 Å². The number of rotatable bonds is 2. The van der Waals surface area contributed by atoms with Crippen LogP contribution in [0.5, 0.6) is 0 Å². The van der Waals surface area contributed by atoms with Crippen molar-refractivity contribution >= 4 is 0 Å². The van der Waals surface area contributed by atoms with Crippen LogP contribution in [0.25, 0.3) is 0 Å². The molecule has 3 aliphatic heterocycles. The highest BCUT2D eigenvalue weighted by Gasteiger charge is 2.29. The monoisotopic (exact) mass is 237 g/mol. The molecule has 1 N–H and O–H groups in total. The molecule has 0 spiro atoms. The van der Waals surface area contributed by atoms with E-state index in [1.807, 2.05) is 0 Å². The first-order chi connectivity index (χ1) is 8.43. The first-order valence-corrected chi connectivity index (χ1v) is 7.62. The van der Waals surface area contributed by atoms with Gasteiger partial charge in [-0.1, -0.05) is 0 Å². The Morgan fingerprint density at radius 3 is 1.82 bits per heavy atom. The van der Waals surface area contributed by atoms with Crippen molar-refractivity contribution in [3.8, 4) is 0 Å². The molecule has 3 aliphatic rings. The number of nitrogens with zero attached hydrogens (tertiary/aromatic N) is 2. The van der Waals surface area contributed by atoms with E-state index in [-0.39, 0.29) is 0 Å². The molecule has 3 rings (SSSR count). The predicted octanol–water partition coefficient (Wildman–Crippen LogP) is 1.30. The second kappa shape index (κ2) is 5.68. The number of hydrogen-bond acceptors (Lipinski definition) is 3. The van der Waals surface area contributed by atoms with Gasteiger partial charge < -0.3 is 15.1 Å². The lowest BCUT2D eigenvalue weighted by atomic mass is 9.98. The van der Waals surface area contributed by atoms with E-state index >= 15 is 0 Å². The molecule has 0 aromatic rings. The summed E-state index contributed by atoms with van der Waals surface area (Å²) in [6, 6.07) is 1.80. The molecule has 0 amide bonds. The van der Waals surface area contributed by atoms with E-state index in [0.717, 1.165) is 12.1 Å². The normalized spacial score (nSPS) is 31.1. The van der Waals surface area contributed by atoms with Crippen LogP contribution in [0.3, 0.4) is 0 Å². The van der Waals surface area contributed by atoms with Crippen LogP contribution < -0.4 is 5.32 Å². The average Bonchev–Trinajstić information content (AvgIpc) is 2.94. The average molecular weight is 237 g/mol. The van der Waals surface area contributed by atoms with Gasteiger partial charge >= 0.3 is 0 Å². The lowest BCUT2D eigenvalue weighted by molar-refractivity contribution is 0.0833. The van der Waals surface area contributed by atoms with Gasteiger partial charge in [0.25, 0.3) is 0 Å². The predicted molar refractivity (Wildman–Crippen MR) is 71.3 cm³/mol. The Balaban J connectivity index is 1.46. The molecule has 3 heteroatoms. The quantitative estimate of drug-likeness (QED) is 0.781. The van der Waals surface area contributed by atoms with Crippen molar-refractivity contribution in [1.82, 2.24) is 15.1 Å². The smallest absolute Gasteiger partial charge is 0.0120 e. The van der Waals surface area contributed by atoms with Gasteiger partial charge in [0, 0.05) is 12.1 Å². The van der Waals surface area contributed by atoms with E-state index in [9.17, 15) is 0 Å². The van der Waals surface area contributed by atoms with Gasteiger partial charge in [-0.15, -0.1) is 0 Å². The van der Waals surface area contributed by atoms with Crippen molar-refractivity contribution in [2.75, 3.05) is 39.3 Å². The lowest BCUT2D eigenvalue weighted by Gasteiger charge is -2.41. The standard InChI is InChI=1S/C14H27N3/c1-2-10-16(9-1)14-5-11-17(12-6-14)13-3-7-15-8-4-13/h13-15H,1-12H2. The molecule has 0 radical (unpaired) electrons. The largest absolute Gasteiger partial charge is 0.317 e. The number of likely N-dealkylation sites (tertiary alicyclic amines) is 2. The number of nitrogens with one attached hydrogen (secondary N) is 1. The van der Waals surface area contributed by atoms with Crippen LogP contribution in [0.4, 0.5) is 0 Å². The summed E-state index contributed by atoms with van der Waals surface area (Å²) in [6.07, 6.45) is 8.46. The fraction of sp³-hybridized carbons (Fsp3) is 1.00. The summed E-state index contributed by atoms with van der Waals surface area (Å²) in [5.74, 6) is 0. The van der Waals surface area contributed by atoms with Crippen molar-refractivity contribution in [1.29, 1.82) is 0 Å². The van der Waals surface area contributed by atoms with Gasteiger partial charge in [-0.2, -0.15) is 0 Å². The summed E-state index contributed by atoms with van der Waals surface area (Å²) < 4.78 is 0. The maximum Gasteiger partial charge on any atom is 0.0120 e. The molecule has 3 heterocycles. The lowest BCUT2D eigenvalue weighted by Crippen LogP contribution is -2.50. The van der Waals surface area contributed by atoms with Crippen molar-refractivity contribution in [3.05, 3.63) is 0 Å². The molecule has 0 aromatic heterocycles. The summed E-state index contributed by atoms with van der Waals surface area (Å²) in [5, 5.41) is 3.47. The minimum atomic E-state index is 0.885. The van der Waals surface area contributed by atoms with Crippen molar-refractivity contribution in [3.63, 3.8) is 0 Å². The molecular formula is C14H27N3. The molecule has 0 unspecified atom stereocenters. The van der Waals surface area contributed by atoms with Crippen molar-refractivity contribution in [2.24, 2.45) is 0 Å². The molecule has 3 nitrogen and oxygen atoms in total. The summed E-state index contributed by atoms with van der Waals surface area (Å²) in [6.45, 7) is 7.92. The molecule has 0 aromatic carbocycles. The van der Waals surface area contributed by atoms with Gasteiger partial charge in [0.05, 0.1) is 0 Å². The van der Waals surface area contributed by atoms with Crippen LogP contribution in [0.2, 0.25) is 0 Å². The third-order valence-corrected chi connectivity index (χ3v) is 4.98. The van der Waals surface area contributed by atoms with Crippen LogP contribution in [0.1, 0.15) is 38.5 Å². The summed E-state index contributed by atoms with van der Waals surface area (Å²) >= 11 is 0. The van der Waals surface area contributed by atoms with Crippen molar-refractivity contribution < 1.29 is 0 Å². The van der Waals surface area contributed by atoms with E-state index in [4.69, 9.17) is 0 Å². The topological polar surface area (TPSA) is 18.5 Å². The molecule has 0 saturated carbocycles. The Hall–Kier alpha value is -0.120. The fourth-order valence-corrected chi connectivity index (χ4v) is 3.89. The molecular weight excluding hydrogens is 210 g/mol. The zero-order valence-corrected chi connectivity index (χ0v) is 11.0. The van der Waals surface area contributed by atoms with Gasteiger partial charge in [-0.25, -0.2) is 0 Å². The number of hydrogen-bond donors (Lipinski definition) is 1. The highest BCUT2D eigenvalue weighted by molar-refractivity contribution is 4.86. The Bertz CT molecular complexity index is 224. The summed E-state index contributed by atoms with van der Waals surface area (Å²) in [4.78, 5) is 5.52. The minimum Gasteiger partial charge on any atom is -0.317 e. The fourth-order valence-electron chi connectivity index (χ4n) is 3.89. The zero-order valence-electron chi connectivity index (χ0n) is 11.0. The van der Waals surface area contributed by atoms with E-state index in [2.05, 4.69) is 15.1 Å². The molecule has 17 heavy (non-hydrogen) atoms. The highest BCUT2D eigenvalue weighted by atomic mass is 15.2. The Morgan fingerprint density at radius 2 is 1.18 bits per heavy atom. The third-order valence-electron chi connectivity index (χ3n) is 4.98. The van der Waals surface area contributed by atoms with Gasteiger partial charge in [0.15, 0.2) is 0 Å².